The molecule has 0 aliphatic carbocycles. The van der Waals surface area contributed by atoms with Gasteiger partial charge in [0.05, 0.1) is 13.7 Å². The Balaban J connectivity index is 2.13. The Bertz CT molecular complexity index is 548. The van der Waals surface area contributed by atoms with Gasteiger partial charge in [0.2, 0.25) is 0 Å². The van der Waals surface area contributed by atoms with Crippen LogP contribution in [0, 0.1) is 0 Å². The lowest BCUT2D eigenvalue weighted by Gasteiger charge is -2.13. The van der Waals surface area contributed by atoms with Crippen LogP contribution in [-0.4, -0.2) is 21.9 Å². The molecule has 2 aromatic rings. The molecule has 2 N–H and O–H groups in total. The number of nitrogens with two attached hydrogens (primary N) is 1. The SMILES string of the molecule is CCc1nc(CC)n(CC(N)c2ccc(OC)cc2)n1. The summed E-state index contributed by atoms with van der Waals surface area (Å²) in [5.41, 5.74) is 7.33. The lowest BCUT2D eigenvalue weighted by molar-refractivity contribution is 0.414. The molecule has 0 spiro atoms. The van der Waals surface area contributed by atoms with Gasteiger partial charge >= 0.3 is 0 Å². The maximum Gasteiger partial charge on any atom is 0.150 e. The van der Waals surface area contributed by atoms with Crippen LogP contribution >= 0.6 is 0 Å². The molecule has 0 bridgehead atoms. The molecule has 1 unspecified atom stereocenters. The highest BCUT2D eigenvalue weighted by atomic mass is 16.5. The smallest absolute Gasteiger partial charge is 0.150 e. The molecular formula is C15H22N4O. The van der Waals surface area contributed by atoms with E-state index >= 15 is 0 Å². The first-order chi connectivity index (χ1) is 9.67. The maximum atomic E-state index is 6.26. The highest BCUT2D eigenvalue weighted by Gasteiger charge is 2.12. The van der Waals surface area contributed by atoms with Crippen LogP contribution in [-0.2, 0) is 19.4 Å². The third-order valence-electron chi connectivity index (χ3n) is 3.34. The van der Waals surface area contributed by atoms with E-state index in [4.69, 9.17) is 10.5 Å². The number of aryl methyl sites for hydroxylation is 2. The van der Waals surface area contributed by atoms with E-state index in [0.717, 1.165) is 35.8 Å². The summed E-state index contributed by atoms with van der Waals surface area (Å²) in [5, 5.41) is 4.50. The van der Waals surface area contributed by atoms with E-state index in [1.165, 1.54) is 0 Å². The van der Waals surface area contributed by atoms with E-state index in [9.17, 15) is 0 Å². The molecule has 20 heavy (non-hydrogen) atoms. The van der Waals surface area contributed by atoms with Gasteiger partial charge in [-0.25, -0.2) is 9.67 Å². The normalized spacial score (nSPS) is 12.4. The summed E-state index contributed by atoms with van der Waals surface area (Å²) in [6.45, 7) is 4.78. The predicted molar refractivity (Wildman–Crippen MR) is 78.7 cm³/mol. The van der Waals surface area contributed by atoms with Crippen molar-refractivity contribution in [2.75, 3.05) is 7.11 Å². The van der Waals surface area contributed by atoms with Gasteiger partial charge in [-0.3, -0.25) is 0 Å². The molecule has 0 saturated carbocycles. The average molecular weight is 274 g/mol. The molecule has 0 fully saturated rings. The minimum Gasteiger partial charge on any atom is -0.497 e. The number of aromatic nitrogens is 3. The van der Waals surface area contributed by atoms with Crippen molar-refractivity contribution in [2.24, 2.45) is 5.73 Å². The largest absolute Gasteiger partial charge is 0.497 e. The van der Waals surface area contributed by atoms with Gasteiger partial charge in [-0.2, -0.15) is 5.10 Å². The van der Waals surface area contributed by atoms with Crippen molar-refractivity contribution in [3.8, 4) is 5.75 Å². The molecule has 0 aliphatic heterocycles. The number of ether oxygens (including phenoxy) is 1. The van der Waals surface area contributed by atoms with Crippen LogP contribution in [0.15, 0.2) is 24.3 Å². The lowest BCUT2D eigenvalue weighted by Crippen LogP contribution is -2.20. The average Bonchev–Trinajstić information content (AvgIpc) is 2.89. The number of hydrogen-bond donors (Lipinski definition) is 1. The van der Waals surface area contributed by atoms with Crippen molar-refractivity contribution in [1.82, 2.24) is 14.8 Å². The summed E-state index contributed by atoms with van der Waals surface area (Å²) >= 11 is 0. The zero-order valence-electron chi connectivity index (χ0n) is 12.3. The highest BCUT2D eigenvalue weighted by molar-refractivity contribution is 5.28. The van der Waals surface area contributed by atoms with Gasteiger partial charge in [0.25, 0.3) is 0 Å². The molecule has 108 valence electrons. The van der Waals surface area contributed by atoms with Crippen LogP contribution in [0.5, 0.6) is 5.75 Å². The summed E-state index contributed by atoms with van der Waals surface area (Å²) in [6, 6.07) is 7.74. The molecule has 1 atom stereocenters. The first kappa shape index (κ1) is 14.5. The first-order valence-electron chi connectivity index (χ1n) is 7.00. The fraction of sp³-hybridized carbons (Fsp3) is 0.467. The number of rotatable bonds is 6. The van der Waals surface area contributed by atoms with Crippen LogP contribution in [0.1, 0.15) is 37.1 Å². The standard InChI is InChI=1S/C15H22N4O/c1-4-14-17-15(5-2)19(18-14)10-13(16)11-6-8-12(20-3)9-7-11/h6-9,13H,4-5,10,16H2,1-3H3. The van der Waals surface area contributed by atoms with E-state index in [1.54, 1.807) is 7.11 Å². The molecular weight excluding hydrogens is 252 g/mol. The van der Waals surface area contributed by atoms with Crippen molar-refractivity contribution in [2.45, 2.75) is 39.3 Å². The first-order valence-corrected chi connectivity index (χ1v) is 7.00. The maximum absolute atomic E-state index is 6.26. The Labute approximate surface area is 119 Å². The van der Waals surface area contributed by atoms with E-state index < -0.39 is 0 Å². The topological polar surface area (TPSA) is 66.0 Å². The van der Waals surface area contributed by atoms with Crippen LogP contribution in [0.3, 0.4) is 0 Å². The predicted octanol–water partition coefficient (Wildman–Crippen LogP) is 2.11. The number of hydrogen-bond acceptors (Lipinski definition) is 4. The monoisotopic (exact) mass is 274 g/mol. The molecule has 1 aromatic carbocycles. The molecule has 0 amide bonds. The van der Waals surface area contributed by atoms with Crippen LogP contribution < -0.4 is 10.5 Å². The van der Waals surface area contributed by atoms with Gasteiger partial charge in [-0.1, -0.05) is 26.0 Å². The van der Waals surface area contributed by atoms with Crippen LogP contribution in [0.4, 0.5) is 0 Å². The summed E-state index contributed by atoms with van der Waals surface area (Å²) in [7, 11) is 1.66. The number of methoxy groups -OCH3 is 1. The summed E-state index contributed by atoms with van der Waals surface area (Å²) in [5.74, 6) is 2.71. The molecule has 0 saturated heterocycles. The van der Waals surface area contributed by atoms with Crippen LogP contribution in [0.25, 0.3) is 0 Å². The van der Waals surface area contributed by atoms with E-state index in [-0.39, 0.29) is 6.04 Å². The minimum atomic E-state index is -0.0994. The Morgan fingerprint density at radius 3 is 2.45 bits per heavy atom. The van der Waals surface area contributed by atoms with Gasteiger partial charge in [-0.05, 0) is 17.7 Å². The van der Waals surface area contributed by atoms with Gasteiger partial charge < -0.3 is 10.5 Å². The second kappa shape index (κ2) is 6.52. The molecule has 5 heteroatoms. The number of benzene rings is 1. The number of nitrogens with zero attached hydrogens (tertiary/aromatic N) is 3. The second-order valence-corrected chi connectivity index (χ2v) is 4.71. The van der Waals surface area contributed by atoms with Crippen molar-refractivity contribution < 1.29 is 4.74 Å². The van der Waals surface area contributed by atoms with Crippen molar-refractivity contribution in [3.63, 3.8) is 0 Å². The fourth-order valence-corrected chi connectivity index (χ4v) is 2.13. The second-order valence-electron chi connectivity index (χ2n) is 4.71. The fourth-order valence-electron chi connectivity index (χ4n) is 2.13. The summed E-state index contributed by atoms with van der Waals surface area (Å²) in [4.78, 5) is 4.50. The Morgan fingerprint density at radius 2 is 1.90 bits per heavy atom. The third kappa shape index (κ3) is 3.17. The molecule has 5 nitrogen and oxygen atoms in total. The van der Waals surface area contributed by atoms with Crippen LogP contribution in [0.2, 0.25) is 0 Å². The minimum absolute atomic E-state index is 0.0994. The summed E-state index contributed by atoms with van der Waals surface area (Å²) in [6.07, 6.45) is 1.71. The van der Waals surface area contributed by atoms with Crippen molar-refractivity contribution in [1.29, 1.82) is 0 Å². The van der Waals surface area contributed by atoms with E-state index in [1.807, 2.05) is 28.9 Å². The zero-order valence-corrected chi connectivity index (χ0v) is 12.3. The van der Waals surface area contributed by atoms with E-state index in [0.29, 0.717) is 6.54 Å². The van der Waals surface area contributed by atoms with Gasteiger partial charge in [0.1, 0.15) is 11.6 Å². The zero-order chi connectivity index (χ0) is 14.5. The van der Waals surface area contributed by atoms with Gasteiger partial charge in [0, 0.05) is 18.9 Å². The Morgan fingerprint density at radius 1 is 1.20 bits per heavy atom. The Kier molecular flexibility index (Phi) is 4.74. The van der Waals surface area contributed by atoms with Crippen molar-refractivity contribution >= 4 is 0 Å². The quantitative estimate of drug-likeness (QED) is 0.876. The Hall–Kier alpha value is -1.88. The molecule has 0 radical (unpaired) electrons. The highest BCUT2D eigenvalue weighted by Crippen LogP contribution is 2.17. The third-order valence-corrected chi connectivity index (χ3v) is 3.34. The molecule has 1 heterocycles. The molecule has 2 rings (SSSR count). The van der Waals surface area contributed by atoms with Crippen molar-refractivity contribution in [3.05, 3.63) is 41.5 Å². The van der Waals surface area contributed by atoms with Gasteiger partial charge in [-0.15, -0.1) is 0 Å². The van der Waals surface area contributed by atoms with E-state index in [2.05, 4.69) is 23.9 Å². The van der Waals surface area contributed by atoms with Gasteiger partial charge in [0.15, 0.2) is 5.82 Å². The summed E-state index contributed by atoms with van der Waals surface area (Å²) < 4.78 is 7.08. The molecule has 0 aliphatic rings. The molecule has 1 aromatic heterocycles. The lowest BCUT2D eigenvalue weighted by atomic mass is 10.1.